The first-order chi connectivity index (χ1) is 23.7. The summed E-state index contributed by atoms with van der Waals surface area (Å²) in [6, 6.07) is 29.7. The van der Waals surface area contributed by atoms with Crippen LogP contribution in [-0.4, -0.2) is 42.1 Å². The second-order valence-electron chi connectivity index (χ2n) is 15.7. The lowest BCUT2D eigenvalue weighted by Gasteiger charge is -2.45. The largest absolute Gasteiger partial charge is 0.497 e. The standard InChI is InChI=1S/C44H62O4Si2/c1-12-14-18-23-38(47-50(44(6,7)8,39-24-19-16-20-25-39)40-26-21-17-22-27-40)33-34-42(48-49(10,11)43(3,4)5)41(28-15-13-2)46-35-36-29-31-37(45-9)32-30-36/h2,12,16-17,19-22,24-27,29-34,38,41-42H,1,14-15,18,23,28,35H2,3-11H3/b34-33+/t38-,41-,42-/m0/s1. The molecule has 0 heterocycles. The number of unbranched alkanes of at least 4 members (excludes halogenated alkanes) is 1. The van der Waals surface area contributed by atoms with E-state index in [9.17, 15) is 0 Å². The highest BCUT2D eigenvalue weighted by Gasteiger charge is 2.51. The lowest BCUT2D eigenvalue weighted by Crippen LogP contribution is -2.67. The molecule has 0 bridgehead atoms. The number of methoxy groups -OCH3 is 1. The molecular weight excluding hydrogens is 649 g/mol. The maximum absolute atomic E-state index is 7.67. The fourth-order valence-corrected chi connectivity index (χ4v) is 12.0. The van der Waals surface area contributed by atoms with Gasteiger partial charge in [0.2, 0.25) is 0 Å². The molecule has 270 valence electrons. The third-order valence-corrected chi connectivity index (χ3v) is 19.5. The van der Waals surface area contributed by atoms with Gasteiger partial charge in [-0.1, -0.05) is 133 Å². The van der Waals surface area contributed by atoms with E-state index in [4.69, 9.17) is 24.7 Å². The molecule has 0 spiro atoms. The summed E-state index contributed by atoms with van der Waals surface area (Å²) in [6.07, 6.45) is 15.7. The van der Waals surface area contributed by atoms with Crippen molar-refractivity contribution in [2.75, 3.05) is 7.11 Å². The monoisotopic (exact) mass is 710 g/mol. The lowest BCUT2D eigenvalue weighted by molar-refractivity contribution is -0.0256. The summed E-state index contributed by atoms with van der Waals surface area (Å²) < 4.78 is 27.0. The van der Waals surface area contributed by atoms with Crippen LogP contribution in [0, 0.1) is 12.3 Å². The molecule has 0 aliphatic rings. The van der Waals surface area contributed by atoms with Gasteiger partial charge in [-0.05, 0) is 76.9 Å². The zero-order chi connectivity index (χ0) is 36.8. The molecule has 3 aromatic carbocycles. The Hall–Kier alpha value is -3.19. The molecule has 3 aromatic rings. The summed E-state index contributed by atoms with van der Waals surface area (Å²) in [5.74, 6) is 3.67. The molecule has 4 nitrogen and oxygen atoms in total. The molecular formula is C44H62O4Si2. The Morgan fingerprint density at radius 2 is 1.36 bits per heavy atom. The van der Waals surface area contributed by atoms with E-state index in [1.807, 2.05) is 30.3 Å². The van der Waals surface area contributed by atoms with Crippen LogP contribution in [0.5, 0.6) is 5.75 Å². The Kier molecular flexibility index (Phi) is 15.6. The fraction of sp³-hybridized carbons (Fsp3) is 0.455. The van der Waals surface area contributed by atoms with Crippen molar-refractivity contribution in [1.82, 2.24) is 0 Å². The first-order valence-corrected chi connectivity index (χ1v) is 22.9. The van der Waals surface area contributed by atoms with Crippen LogP contribution in [0.25, 0.3) is 0 Å². The van der Waals surface area contributed by atoms with Gasteiger partial charge < -0.3 is 18.3 Å². The molecule has 3 atom stereocenters. The minimum atomic E-state index is -2.81. The van der Waals surface area contributed by atoms with E-state index in [1.165, 1.54) is 10.4 Å². The van der Waals surface area contributed by atoms with E-state index in [2.05, 4.69) is 140 Å². The van der Waals surface area contributed by atoms with Crippen LogP contribution in [0.3, 0.4) is 0 Å². The zero-order valence-electron chi connectivity index (χ0n) is 32.2. The second kappa shape index (κ2) is 18.9. The highest BCUT2D eigenvalue weighted by Crippen LogP contribution is 2.40. The Balaban J connectivity index is 2.12. The molecule has 0 aliphatic heterocycles. The van der Waals surface area contributed by atoms with Crippen molar-refractivity contribution in [3.8, 4) is 18.1 Å². The number of terminal acetylenes is 1. The molecule has 0 radical (unpaired) electrons. The normalized spacial score (nSPS) is 14.6. The fourth-order valence-electron chi connectivity index (χ4n) is 6.06. The van der Waals surface area contributed by atoms with Crippen LogP contribution in [-0.2, 0) is 20.2 Å². The Labute approximate surface area is 306 Å². The van der Waals surface area contributed by atoms with Gasteiger partial charge in [0.05, 0.1) is 32.0 Å². The Morgan fingerprint density at radius 3 is 1.84 bits per heavy atom. The predicted octanol–water partition coefficient (Wildman–Crippen LogP) is 10.2. The molecule has 0 saturated carbocycles. The summed E-state index contributed by atoms with van der Waals surface area (Å²) in [7, 11) is -3.36. The molecule has 0 N–H and O–H groups in total. The van der Waals surface area contributed by atoms with Crippen LogP contribution >= 0.6 is 0 Å². The molecule has 0 aliphatic carbocycles. The average molecular weight is 711 g/mol. The third kappa shape index (κ3) is 11.2. The van der Waals surface area contributed by atoms with Crippen LogP contribution in [0.2, 0.25) is 23.2 Å². The van der Waals surface area contributed by atoms with E-state index in [-0.39, 0.29) is 28.4 Å². The zero-order valence-corrected chi connectivity index (χ0v) is 34.2. The summed E-state index contributed by atoms with van der Waals surface area (Å²) >= 11 is 0. The molecule has 0 unspecified atom stereocenters. The van der Waals surface area contributed by atoms with Crippen molar-refractivity contribution >= 4 is 27.0 Å². The minimum absolute atomic E-state index is 0.0144. The smallest absolute Gasteiger partial charge is 0.261 e. The summed E-state index contributed by atoms with van der Waals surface area (Å²) in [5.41, 5.74) is 1.07. The van der Waals surface area contributed by atoms with Gasteiger partial charge in [-0.3, -0.25) is 0 Å². The van der Waals surface area contributed by atoms with Crippen LogP contribution in [0.4, 0.5) is 0 Å². The predicted molar refractivity (Wildman–Crippen MR) is 217 cm³/mol. The quantitative estimate of drug-likeness (QED) is 0.0537. The molecule has 6 heteroatoms. The van der Waals surface area contributed by atoms with E-state index < -0.39 is 16.6 Å². The Morgan fingerprint density at radius 1 is 0.780 bits per heavy atom. The second-order valence-corrected chi connectivity index (χ2v) is 24.7. The third-order valence-electron chi connectivity index (χ3n) is 9.96. The van der Waals surface area contributed by atoms with E-state index in [0.717, 1.165) is 30.6 Å². The van der Waals surface area contributed by atoms with Gasteiger partial charge >= 0.3 is 0 Å². The SMILES string of the molecule is C#CCC[C@H](OCc1ccc(OC)cc1)[C@H](/C=C/[C@H](CCCC=C)O[Si](c1ccccc1)(c1ccccc1)C(C)(C)C)O[Si](C)(C)C(C)(C)C. The molecule has 0 saturated heterocycles. The lowest BCUT2D eigenvalue weighted by atomic mass is 10.1. The van der Waals surface area contributed by atoms with Gasteiger partial charge in [0, 0.05) is 6.42 Å². The number of hydrogen-bond donors (Lipinski definition) is 0. The molecule has 3 rings (SSSR count). The van der Waals surface area contributed by atoms with E-state index in [1.54, 1.807) is 7.11 Å². The first-order valence-electron chi connectivity index (χ1n) is 18.1. The van der Waals surface area contributed by atoms with Gasteiger partial charge in [0.25, 0.3) is 8.32 Å². The van der Waals surface area contributed by atoms with Gasteiger partial charge in [-0.15, -0.1) is 18.9 Å². The molecule has 0 aromatic heterocycles. The highest BCUT2D eigenvalue weighted by molar-refractivity contribution is 6.99. The van der Waals surface area contributed by atoms with E-state index >= 15 is 0 Å². The highest BCUT2D eigenvalue weighted by atomic mass is 28.4. The van der Waals surface area contributed by atoms with Crippen molar-refractivity contribution in [1.29, 1.82) is 0 Å². The van der Waals surface area contributed by atoms with Crippen molar-refractivity contribution in [2.24, 2.45) is 0 Å². The number of hydrogen-bond acceptors (Lipinski definition) is 4. The number of allylic oxidation sites excluding steroid dienone is 1. The number of rotatable bonds is 19. The van der Waals surface area contributed by atoms with Gasteiger partial charge in [-0.25, -0.2) is 0 Å². The summed E-state index contributed by atoms with van der Waals surface area (Å²) in [5, 5.41) is 2.41. The maximum Gasteiger partial charge on any atom is 0.261 e. The molecule has 50 heavy (non-hydrogen) atoms. The maximum atomic E-state index is 7.67. The summed E-state index contributed by atoms with van der Waals surface area (Å²) in [6.45, 7) is 22.9. The average Bonchev–Trinajstić information content (AvgIpc) is 3.08. The number of ether oxygens (including phenoxy) is 2. The van der Waals surface area contributed by atoms with E-state index in [0.29, 0.717) is 19.4 Å². The van der Waals surface area contributed by atoms with Crippen LogP contribution < -0.4 is 15.1 Å². The van der Waals surface area contributed by atoms with Crippen LogP contribution in [0.15, 0.2) is 110 Å². The van der Waals surface area contributed by atoms with Crippen molar-refractivity contribution in [3.05, 3.63) is 115 Å². The van der Waals surface area contributed by atoms with Crippen molar-refractivity contribution in [3.63, 3.8) is 0 Å². The van der Waals surface area contributed by atoms with Crippen LogP contribution in [0.1, 0.15) is 79.2 Å². The molecule has 0 fully saturated rings. The van der Waals surface area contributed by atoms with Gasteiger partial charge in [0.15, 0.2) is 8.32 Å². The topological polar surface area (TPSA) is 36.9 Å². The van der Waals surface area contributed by atoms with Gasteiger partial charge in [0.1, 0.15) is 5.75 Å². The first kappa shape index (κ1) is 41.2. The van der Waals surface area contributed by atoms with Gasteiger partial charge in [-0.2, -0.15) is 0 Å². The summed E-state index contributed by atoms with van der Waals surface area (Å²) in [4.78, 5) is 0. The van der Waals surface area contributed by atoms with Crippen molar-refractivity contribution in [2.45, 2.75) is 122 Å². The number of benzene rings is 3. The minimum Gasteiger partial charge on any atom is -0.497 e. The Bertz CT molecular complexity index is 1460. The molecule has 0 amide bonds. The van der Waals surface area contributed by atoms with Crippen molar-refractivity contribution < 1.29 is 18.3 Å².